The number of hydrogen-bond acceptors (Lipinski definition) is 6. The van der Waals surface area contributed by atoms with Crippen LogP contribution in [0.2, 0.25) is 0 Å². The van der Waals surface area contributed by atoms with Gasteiger partial charge in [-0.3, -0.25) is 4.90 Å². The molecule has 3 rings (SSSR count). The van der Waals surface area contributed by atoms with Gasteiger partial charge < -0.3 is 15.4 Å². The molecule has 146 valence electrons. The second-order valence-corrected chi connectivity index (χ2v) is 8.75. The van der Waals surface area contributed by atoms with Crippen LogP contribution in [0.25, 0.3) is 11.3 Å². The summed E-state index contributed by atoms with van der Waals surface area (Å²) >= 11 is 1.69. The number of carbonyl (C=O) groups is 1. The van der Waals surface area contributed by atoms with Crippen molar-refractivity contribution in [3.05, 3.63) is 34.7 Å². The molecule has 2 N–H and O–H groups in total. The van der Waals surface area contributed by atoms with Crippen molar-refractivity contribution in [2.75, 3.05) is 38.5 Å². The molecule has 1 aromatic carbocycles. The molecule has 1 saturated heterocycles. The van der Waals surface area contributed by atoms with Crippen molar-refractivity contribution in [2.24, 2.45) is 0 Å². The minimum atomic E-state index is -0.444. The second-order valence-electron chi connectivity index (χ2n) is 7.81. The van der Waals surface area contributed by atoms with E-state index in [1.54, 1.807) is 16.2 Å². The van der Waals surface area contributed by atoms with Crippen molar-refractivity contribution in [1.29, 1.82) is 0 Å². The molecule has 0 saturated carbocycles. The molecule has 0 bridgehead atoms. The third kappa shape index (κ3) is 5.68. The van der Waals surface area contributed by atoms with E-state index < -0.39 is 5.60 Å². The first-order valence-electron chi connectivity index (χ1n) is 9.31. The van der Waals surface area contributed by atoms with Crippen LogP contribution in [0.1, 0.15) is 25.8 Å². The first-order valence-corrected chi connectivity index (χ1v) is 10.2. The number of amides is 1. The van der Waals surface area contributed by atoms with E-state index in [4.69, 9.17) is 15.5 Å². The van der Waals surface area contributed by atoms with Crippen LogP contribution < -0.4 is 5.73 Å². The highest BCUT2D eigenvalue weighted by Crippen LogP contribution is 2.24. The first-order chi connectivity index (χ1) is 12.8. The highest BCUT2D eigenvalue weighted by atomic mass is 32.1. The SMILES string of the molecule is CC(C)(C)OC(=O)N1CCN(CCc2nc(-c3cccc(N)c3)cs2)CC1. The molecule has 1 aliphatic heterocycles. The Morgan fingerprint density at radius 3 is 2.67 bits per heavy atom. The molecule has 7 heteroatoms. The summed E-state index contributed by atoms with van der Waals surface area (Å²) < 4.78 is 5.45. The lowest BCUT2D eigenvalue weighted by Gasteiger charge is -2.35. The molecule has 0 radical (unpaired) electrons. The lowest BCUT2D eigenvalue weighted by Crippen LogP contribution is -2.50. The summed E-state index contributed by atoms with van der Waals surface area (Å²) in [7, 11) is 0. The van der Waals surface area contributed by atoms with Crippen LogP contribution in [-0.4, -0.2) is 59.2 Å². The van der Waals surface area contributed by atoms with Gasteiger partial charge in [-0.2, -0.15) is 0 Å². The fourth-order valence-corrected chi connectivity index (χ4v) is 3.79. The molecular weight excluding hydrogens is 360 g/mol. The number of rotatable bonds is 4. The van der Waals surface area contributed by atoms with Crippen molar-refractivity contribution in [3.8, 4) is 11.3 Å². The van der Waals surface area contributed by atoms with Crippen molar-refractivity contribution < 1.29 is 9.53 Å². The van der Waals surface area contributed by atoms with E-state index in [0.29, 0.717) is 13.1 Å². The predicted octanol–water partition coefficient (Wildman–Crippen LogP) is 3.49. The van der Waals surface area contributed by atoms with Crippen LogP contribution in [-0.2, 0) is 11.2 Å². The van der Waals surface area contributed by atoms with Gasteiger partial charge in [-0.25, -0.2) is 9.78 Å². The summed E-state index contributed by atoms with van der Waals surface area (Å²) in [5.41, 5.74) is 8.21. The summed E-state index contributed by atoms with van der Waals surface area (Å²) in [6, 6.07) is 7.82. The van der Waals surface area contributed by atoms with Gasteiger partial charge in [0.25, 0.3) is 0 Å². The van der Waals surface area contributed by atoms with E-state index in [0.717, 1.165) is 48.0 Å². The van der Waals surface area contributed by atoms with Crippen molar-refractivity contribution in [2.45, 2.75) is 32.8 Å². The standard InChI is InChI=1S/C20H28N4O2S/c1-20(2,3)26-19(25)24-11-9-23(10-12-24)8-7-18-22-17(14-27-18)15-5-4-6-16(21)13-15/h4-6,13-14H,7-12,21H2,1-3H3. The maximum atomic E-state index is 12.1. The molecular formula is C20H28N4O2S. The normalized spacial score (nSPS) is 15.7. The van der Waals surface area contributed by atoms with Crippen molar-refractivity contribution >= 4 is 23.1 Å². The Morgan fingerprint density at radius 1 is 1.26 bits per heavy atom. The molecule has 2 aromatic rings. The van der Waals surface area contributed by atoms with Crippen LogP contribution >= 0.6 is 11.3 Å². The topological polar surface area (TPSA) is 71.7 Å². The molecule has 1 fully saturated rings. The van der Waals surface area contributed by atoms with Crippen molar-refractivity contribution in [3.63, 3.8) is 0 Å². The van der Waals surface area contributed by atoms with Crippen LogP contribution in [0.5, 0.6) is 0 Å². The number of hydrogen-bond donors (Lipinski definition) is 1. The minimum absolute atomic E-state index is 0.214. The second kappa shape index (κ2) is 8.27. The zero-order chi connectivity index (χ0) is 19.4. The molecule has 0 unspecified atom stereocenters. The fourth-order valence-electron chi connectivity index (χ4n) is 2.99. The van der Waals surface area contributed by atoms with Gasteiger partial charge in [0, 0.05) is 55.8 Å². The number of benzene rings is 1. The van der Waals surface area contributed by atoms with Crippen LogP contribution in [0.3, 0.4) is 0 Å². The van der Waals surface area contributed by atoms with Gasteiger partial charge >= 0.3 is 6.09 Å². The van der Waals surface area contributed by atoms with Crippen molar-refractivity contribution in [1.82, 2.24) is 14.8 Å². The molecule has 6 nitrogen and oxygen atoms in total. The Labute approximate surface area is 164 Å². The number of anilines is 1. The number of carbonyl (C=O) groups excluding carboxylic acids is 1. The average Bonchev–Trinajstić information content (AvgIpc) is 3.08. The number of ether oxygens (including phenoxy) is 1. The zero-order valence-electron chi connectivity index (χ0n) is 16.3. The molecule has 0 atom stereocenters. The Balaban J connectivity index is 1.46. The van der Waals surface area contributed by atoms with Gasteiger partial charge in [0.1, 0.15) is 5.60 Å². The van der Waals surface area contributed by atoms with Gasteiger partial charge in [-0.1, -0.05) is 12.1 Å². The Kier molecular flexibility index (Phi) is 6.01. The van der Waals surface area contributed by atoms with Gasteiger partial charge in [-0.05, 0) is 32.9 Å². The highest BCUT2D eigenvalue weighted by molar-refractivity contribution is 7.09. The molecule has 0 aliphatic carbocycles. The first kappa shape index (κ1) is 19.6. The zero-order valence-corrected chi connectivity index (χ0v) is 17.1. The summed E-state index contributed by atoms with van der Waals surface area (Å²) in [6.07, 6.45) is 0.702. The summed E-state index contributed by atoms with van der Waals surface area (Å²) in [5, 5.41) is 3.21. The van der Waals surface area contributed by atoms with E-state index in [-0.39, 0.29) is 6.09 Å². The predicted molar refractivity (Wildman–Crippen MR) is 110 cm³/mol. The maximum Gasteiger partial charge on any atom is 0.410 e. The largest absolute Gasteiger partial charge is 0.444 e. The summed E-state index contributed by atoms with van der Waals surface area (Å²) in [5.74, 6) is 0. The number of aromatic nitrogens is 1. The van der Waals surface area contributed by atoms with Gasteiger partial charge in [-0.15, -0.1) is 11.3 Å². The van der Waals surface area contributed by atoms with E-state index >= 15 is 0 Å². The third-order valence-corrected chi connectivity index (χ3v) is 5.31. The average molecular weight is 389 g/mol. The third-order valence-electron chi connectivity index (χ3n) is 4.40. The van der Waals surface area contributed by atoms with E-state index in [9.17, 15) is 4.79 Å². The number of nitrogen functional groups attached to an aromatic ring is 1. The molecule has 1 amide bonds. The van der Waals surface area contributed by atoms with Gasteiger partial charge in [0.15, 0.2) is 0 Å². The molecule has 2 heterocycles. The minimum Gasteiger partial charge on any atom is -0.444 e. The molecule has 27 heavy (non-hydrogen) atoms. The van der Waals surface area contributed by atoms with E-state index in [1.165, 1.54) is 0 Å². The maximum absolute atomic E-state index is 12.1. The number of nitrogens with two attached hydrogens (primary N) is 1. The summed E-state index contributed by atoms with van der Waals surface area (Å²) in [6.45, 7) is 9.79. The highest BCUT2D eigenvalue weighted by Gasteiger charge is 2.25. The number of nitrogens with zero attached hydrogens (tertiary/aromatic N) is 3. The Hall–Kier alpha value is -2.12. The Bertz CT molecular complexity index is 776. The van der Waals surface area contributed by atoms with E-state index in [2.05, 4.69) is 10.3 Å². The number of piperazine rings is 1. The van der Waals surface area contributed by atoms with Gasteiger partial charge in [0.05, 0.1) is 10.7 Å². The quantitative estimate of drug-likeness (QED) is 0.812. The summed E-state index contributed by atoms with van der Waals surface area (Å²) in [4.78, 5) is 21.0. The molecule has 0 spiro atoms. The molecule has 1 aliphatic rings. The van der Waals surface area contributed by atoms with Crippen LogP contribution in [0, 0.1) is 0 Å². The van der Waals surface area contributed by atoms with E-state index in [1.807, 2.05) is 45.0 Å². The van der Waals surface area contributed by atoms with Crippen LogP contribution in [0.15, 0.2) is 29.6 Å². The smallest absolute Gasteiger partial charge is 0.410 e. The number of thiazole rings is 1. The van der Waals surface area contributed by atoms with Crippen LogP contribution in [0.4, 0.5) is 10.5 Å². The Morgan fingerprint density at radius 2 is 2.00 bits per heavy atom. The molecule has 1 aromatic heterocycles. The van der Waals surface area contributed by atoms with Gasteiger partial charge in [0.2, 0.25) is 0 Å². The lowest BCUT2D eigenvalue weighted by atomic mass is 10.1. The lowest BCUT2D eigenvalue weighted by molar-refractivity contribution is 0.0146. The monoisotopic (exact) mass is 388 g/mol. The fraction of sp³-hybridized carbons (Fsp3) is 0.500.